The third kappa shape index (κ3) is 3.37. The van der Waals surface area contributed by atoms with Crippen LogP contribution in [0.5, 0.6) is 0 Å². The molecule has 1 N–H and O–H groups in total. The molecule has 0 aliphatic carbocycles. The van der Waals surface area contributed by atoms with Crippen molar-refractivity contribution in [2.45, 2.75) is 45.4 Å². The van der Waals surface area contributed by atoms with Crippen LogP contribution >= 0.6 is 0 Å². The van der Waals surface area contributed by atoms with E-state index in [0.717, 1.165) is 31.2 Å². The van der Waals surface area contributed by atoms with Crippen LogP contribution in [0.2, 0.25) is 0 Å². The number of unbranched alkanes of at least 4 members (excludes halogenated alkanes) is 1. The van der Waals surface area contributed by atoms with E-state index in [-0.39, 0.29) is 5.92 Å². The van der Waals surface area contributed by atoms with E-state index >= 15 is 0 Å². The zero-order valence-corrected chi connectivity index (χ0v) is 10.1. The Morgan fingerprint density at radius 1 is 1.25 bits per heavy atom. The lowest BCUT2D eigenvalue weighted by molar-refractivity contribution is -0.139. The van der Waals surface area contributed by atoms with E-state index < -0.39 is 5.97 Å². The maximum atomic E-state index is 11.2. The standard InChI is InChI=1S/C14H20O2/c1-3-5-6-13(14(15)16)12-9-7-11(4-2)8-10-12/h7-10,13H,3-6H2,1-2H3,(H,15,16). The van der Waals surface area contributed by atoms with Crippen LogP contribution in [0.1, 0.15) is 50.2 Å². The zero-order chi connectivity index (χ0) is 12.0. The lowest BCUT2D eigenvalue weighted by atomic mass is 9.93. The van der Waals surface area contributed by atoms with Crippen molar-refractivity contribution in [1.29, 1.82) is 0 Å². The van der Waals surface area contributed by atoms with E-state index in [1.165, 1.54) is 5.56 Å². The quantitative estimate of drug-likeness (QED) is 0.795. The van der Waals surface area contributed by atoms with Gasteiger partial charge >= 0.3 is 5.97 Å². The fraction of sp³-hybridized carbons (Fsp3) is 0.500. The Labute approximate surface area is 97.3 Å². The third-order valence-corrected chi connectivity index (χ3v) is 2.93. The normalized spacial score (nSPS) is 12.4. The van der Waals surface area contributed by atoms with E-state index in [1.807, 2.05) is 24.3 Å². The topological polar surface area (TPSA) is 37.3 Å². The minimum absolute atomic E-state index is 0.342. The molecule has 0 bridgehead atoms. The Morgan fingerprint density at radius 3 is 2.31 bits per heavy atom. The molecule has 0 fully saturated rings. The Hall–Kier alpha value is -1.31. The minimum atomic E-state index is -0.710. The van der Waals surface area contributed by atoms with Gasteiger partial charge in [-0.3, -0.25) is 4.79 Å². The Balaban J connectivity index is 2.79. The highest BCUT2D eigenvalue weighted by molar-refractivity contribution is 5.76. The van der Waals surface area contributed by atoms with Crippen LogP contribution < -0.4 is 0 Å². The summed E-state index contributed by atoms with van der Waals surface area (Å²) in [5.41, 5.74) is 2.18. The fourth-order valence-corrected chi connectivity index (χ4v) is 1.83. The van der Waals surface area contributed by atoms with Crippen LogP contribution in [0.4, 0.5) is 0 Å². The molecule has 2 heteroatoms. The van der Waals surface area contributed by atoms with Gasteiger partial charge in [-0.25, -0.2) is 0 Å². The molecular weight excluding hydrogens is 200 g/mol. The van der Waals surface area contributed by atoms with Crippen LogP contribution in [0, 0.1) is 0 Å². The Morgan fingerprint density at radius 2 is 1.88 bits per heavy atom. The maximum Gasteiger partial charge on any atom is 0.310 e. The average molecular weight is 220 g/mol. The van der Waals surface area contributed by atoms with E-state index in [4.69, 9.17) is 0 Å². The molecule has 0 aromatic heterocycles. The van der Waals surface area contributed by atoms with E-state index in [2.05, 4.69) is 13.8 Å². The number of carboxylic acids is 1. The summed E-state index contributed by atoms with van der Waals surface area (Å²) in [6.07, 6.45) is 3.73. The molecule has 2 nitrogen and oxygen atoms in total. The molecule has 1 aromatic carbocycles. The van der Waals surface area contributed by atoms with Gasteiger partial charge in [0.25, 0.3) is 0 Å². The fourth-order valence-electron chi connectivity index (χ4n) is 1.83. The first kappa shape index (κ1) is 12.8. The highest BCUT2D eigenvalue weighted by Crippen LogP contribution is 2.22. The van der Waals surface area contributed by atoms with Gasteiger partial charge in [0.15, 0.2) is 0 Å². The molecule has 1 atom stereocenters. The highest BCUT2D eigenvalue weighted by Gasteiger charge is 2.18. The largest absolute Gasteiger partial charge is 0.481 e. The van der Waals surface area contributed by atoms with Crippen LogP contribution in [-0.4, -0.2) is 11.1 Å². The molecule has 0 amide bonds. The van der Waals surface area contributed by atoms with E-state index in [9.17, 15) is 9.90 Å². The molecular formula is C14H20O2. The predicted molar refractivity (Wildman–Crippen MR) is 65.7 cm³/mol. The first-order chi connectivity index (χ1) is 7.69. The van der Waals surface area contributed by atoms with Gasteiger partial charge in [-0.2, -0.15) is 0 Å². The molecule has 0 saturated carbocycles. The molecule has 88 valence electrons. The SMILES string of the molecule is CCCCC(C(=O)O)c1ccc(CC)cc1. The monoisotopic (exact) mass is 220 g/mol. The summed E-state index contributed by atoms with van der Waals surface area (Å²) in [4.78, 5) is 11.2. The van der Waals surface area contributed by atoms with Crippen LogP contribution in [0.25, 0.3) is 0 Å². The summed E-state index contributed by atoms with van der Waals surface area (Å²) < 4.78 is 0. The van der Waals surface area contributed by atoms with Crippen LogP contribution in [-0.2, 0) is 11.2 Å². The second-order valence-electron chi connectivity index (χ2n) is 4.13. The number of carbonyl (C=O) groups is 1. The first-order valence-corrected chi connectivity index (χ1v) is 6.00. The van der Waals surface area contributed by atoms with Crippen molar-refractivity contribution in [2.24, 2.45) is 0 Å². The molecule has 1 rings (SSSR count). The second-order valence-corrected chi connectivity index (χ2v) is 4.13. The molecule has 0 saturated heterocycles. The summed E-state index contributed by atoms with van der Waals surface area (Å²) in [5.74, 6) is -1.05. The number of aliphatic carboxylic acids is 1. The summed E-state index contributed by atoms with van der Waals surface area (Å²) in [6, 6.07) is 7.95. The van der Waals surface area contributed by atoms with Gasteiger partial charge in [-0.15, -0.1) is 0 Å². The lowest BCUT2D eigenvalue weighted by Gasteiger charge is -2.12. The van der Waals surface area contributed by atoms with E-state index in [1.54, 1.807) is 0 Å². The number of benzene rings is 1. The summed E-state index contributed by atoms with van der Waals surface area (Å²) in [6.45, 7) is 4.18. The van der Waals surface area contributed by atoms with Gasteiger partial charge in [-0.05, 0) is 24.0 Å². The predicted octanol–water partition coefficient (Wildman–Crippen LogP) is 3.61. The van der Waals surface area contributed by atoms with Gasteiger partial charge in [0.1, 0.15) is 0 Å². The first-order valence-electron chi connectivity index (χ1n) is 6.00. The number of aryl methyl sites for hydroxylation is 1. The summed E-state index contributed by atoms with van der Waals surface area (Å²) in [7, 11) is 0. The number of hydrogen-bond acceptors (Lipinski definition) is 1. The van der Waals surface area contributed by atoms with Gasteiger partial charge in [-0.1, -0.05) is 51.0 Å². The Kier molecular flexibility index (Phi) is 5.03. The second kappa shape index (κ2) is 6.31. The van der Waals surface area contributed by atoms with Crippen molar-refractivity contribution < 1.29 is 9.90 Å². The number of hydrogen-bond donors (Lipinski definition) is 1. The molecule has 0 heterocycles. The average Bonchev–Trinajstić information content (AvgIpc) is 2.30. The van der Waals surface area contributed by atoms with Crippen molar-refractivity contribution in [2.75, 3.05) is 0 Å². The lowest BCUT2D eigenvalue weighted by Crippen LogP contribution is -2.11. The summed E-state index contributed by atoms with van der Waals surface area (Å²) in [5, 5.41) is 9.18. The smallest absolute Gasteiger partial charge is 0.310 e. The number of carboxylic acid groups (broad SMARTS) is 1. The van der Waals surface area contributed by atoms with Crippen LogP contribution in [0.15, 0.2) is 24.3 Å². The molecule has 0 spiro atoms. The van der Waals surface area contributed by atoms with Crippen LogP contribution in [0.3, 0.4) is 0 Å². The van der Waals surface area contributed by atoms with E-state index in [0.29, 0.717) is 0 Å². The number of rotatable bonds is 6. The van der Waals surface area contributed by atoms with Gasteiger partial charge < -0.3 is 5.11 Å². The summed E-state index contributed by atoms with van der Waals surface area (Å²) >= 11 is 0. The molecule has 1 unspecified atom stereocenters. The minimum Gasteiger partial charge on any atom is -0.481 e. The molecule has 16 heavy (non-hydrogen) atoms. The van der Waals surface area contributed by atoms with Gasteiger partial charge in [0, 0.05) is 0 Å². The van der Waals surface area contributed by atoms with Crippen molar-refractivity contribution in [3.05, 3.63) is 35.4 Å². The van der Waals surface area contributed by atoms with Crippen molar-refractivity contribution in [3.8, 4) is 0 Å². The Bertz CT molecular complexity index is 327. The van der Waals surface area contributed by atoms with Gasteiger partial charge in [0.05, 0.1) is 5.92 Å². The van der Waals surface area contributed by atoms with Crippen molar-refractivity contribution in [1.82, 2.24) is 0 Å². The molecule has 0 radical (unpaired) electrons. The zero-order valence-electron chi connectivity index (χ0n) is 10.1. The molecule has 1 aromatic rings. The van der Waals surface area contributed by atoms with Gasteiger partial charge in [0.2, 0.25) is 0 Å². The maximum absolute atomic E-state index is 11.2. The van der Waals surface area contributed by atoms with Crippen molar-refractivity contribution in [3.63, 3.8) is 0 Å². The molecule has 0 aliphatic heterocycles. The van der Waals surface area contributed by atoms with Crippen molar-refractivity contribution >= 4 is 5.97 Å². The highest BCUT2D eigenvalue weighted by atomic mass is 16.4. The third-order valence-electron chi connectivity index (χ3n) is 2.93. The molecule has 0 aliphatic rings.